The number of guanidine groups is 1. The van der Waals surface area contributed by atoms with Crippen molar-refractivity contribution in [1.29, 1.82) is 0 Å². The van der Waals surface area contributed by atoms with Gasteiger partial charge in [-0.3, -0.25) is 0 Å². The predicted molar refractivity (Wildman–Crippen MR) is 125 cm³/mol. The summed E-state index contributed by atoms with van der Waals surface area (Å²) in [6, 6.07) is 10.1. The molecular weight excluding hydrogens is 473 g/mol. The van der Waals surface area contributed by atoms with Crippen LogP contribution < -0.4 is 15.4 Å². The zero-order valence-electron chi connectivity index (χ0n) is 16.3. The number of thiophene rings is 1. The summed E-state index contributed by atoms with van der Waals surface area (Å²) in [4.78, 5) is 6.05. The van der Waals surface area contributed by atoms with Gasteiger partial charge in [0.05, 0.1) is 20.2 Å². The first kappa shape index (κ1) is 23.7. The minimum atomic E-state index is 0. The van der Waals surface area contributed by atoms with Crippen molar-refractivity contribution in [1.82, 2.24) is 10.6 Å². The molecule has 0 saturated heterocycles. The minimum Gasteiger partial charge on any atom is -0.497 e. The number of methoxy groups -OCH3 is 1. The number of hydrogen-bond acceptors (Lipinski definition) is 4. The largest absolute Gasteiger partial charge is 0.497 e. The van der Waals surface area contributed by atoms with Gasteiger partial charge in [0, 0.05) is 24.6 Å². The second kappa shape index (κ2) is 13.8. The van der Waals surface area contributed by atoms with Gasteiger partial charge in [-0.2, -0.15) is 0 Å². The molecule has 0 spiro atoms. The molecule has 1 aromatic carbocycles. The molecule has 0 unspecified atom stereocenters. The van der Waals surface area contributed by atoms with Crippen LogP contribution in [0.5, 0.6) is 5.75 Å². The van der Waals surface area contributed by atoms with E-state index in [1.165, 1.54) is 10.4 Å². The van der Waals surface area contributed by atoms with Crippen LogP contribution in [0.3, 0.4) is 0 Å². The van der Waals surface area contributed by atoms with E-state index < -0.39 is 0 Å². The number of rotatable bonds is 10. The smallest absolute Gasteiger partial charge is 0.191 e. The Balaban J connectivity index is 0.00000364. The van der Waals surface area contributed by atoms with E-state index in [4.69, 9.17) is 14.5 Å². The van der Waals surface area contributed by atoms with Crippen LogP contribution in [0.1, 0.15) is 29.3 Å². The van der Waals surface area contributed by atoms with Crippen LogP contribution in [0.2, 0.25) is 0 Å². The van der Waals surface area contributed by atoms with Gasteiger partial charge in [-0.1, -0.05) is 12.1 Å². The molecule has 5 nitrogen and oxygen atoms in total. The van der Waals surface area contributed by atoms with Crippen LogP contribution in [0.4, 0.5) is 0 Å². The summed E-state index contributed by atoms with van der Waals surface area (Å²) < 4.78 is 10.6. The van der Waals surface area contributed by atoms with Gasteiger partial charge in [0.15, 0.2) is 5.96 Å². The highest BCUT2D eigenvalue weighted by Crippen LogP contribution is 2.15. The van der Waals surface area contributed by atoms with Crippen molar-refractivity contribution in [2.75, 3.05) is 26.9 Å². The van der Waals surface area contributed by atoms with E-state index in [1.807, 2.05) is 31.2 Å². The Morgan fingerprint density at radius 3 is 2.56 bits per heavy atom. The van der Waals surface area contributed by atoms with E-state index in [0.29, 0.717) is 6.54 Å². The third kappa shape index (κ3) is 8.94. The summed E-state index contributed by atoms with van der Waals surface area (Å²) in [6.45, 7) is 7.90. The average molecular weight is 503 g/mol. The number of aliphatic imine (C=N–C) groups is 1. The topological polar surface area (TPSA) is 54.9 Å². The Morgan fingerprint density at radius 2 is 1.93 bits per heavy atom. The molecule has 0 amide bonds. The number of nitrogens with one attached hydrogen (secondary N) is 2. The lowest BCUT2D eigenvalue weighted by Crippen LogP contribution is -2.37. The lowest BCUT2D eigenvalue weighted by molar-refractivity contribution is 0.145. The average Bonchev–Trinajstić information content (AvgIpc) is 3.08. The fourth-order valence-electron chi connectivity index (χ4n) is 2.35. The fourth-order valence-corrected chi connectivity index (χ4v) is 3.20. The molecule has 2 rings (SSSR count). The van der Waals surface area contributed by atoms with Gasteiger partial charge in [-0.05, 0) is 55.0 Å². The Bertz CT molecular complexity index is 674. The molecule has 0 atom stereocenters. The maximum atomic E-state index is 5.39. The van der Waals surface area contributed by atoms with E-state index in [1.54, 1.807) is 18.4 Å². The molecule has 2 N–H and O–H groups in total. The molecular formula is C20H30IN3O2S. The monoisotopic (exact) mass is 503 g/mol. The lowest BCUT2D eigenvalue weighted by Gasteiger charge is -2.13. The minimum absolute atomic E-state index is 0. The van der Waals surface area contributed by atoms with Gasteiger partial charge in [0.2, 0.25) is 0 Å². The van der Waals surface area contributed by atoms with Crippen LogP contribution in [0, 0.1) is 6.92 Å². The van der Waals surface area contributed by atoms with Crippen molar-refractivity contribution < 1.29 is 9.47 Å². The van der Waals surface area contributed by atoms with Gasteiger partial charge in [-0.15, -0.1) is 35.3 Å². The molecule has 150 valence electrons. The standard InChI is InChI=1S/C20H29N3O2S.HI/c1-4-25-12-5-11-21-20(23-15-19-16(2)10-13-26-19)22-14-17-6-8-18(24-3)9-7-17;/h6-10,13H,4-5,11-12,14-15H2,1-3H3,(H2,21,22,23);1H. The van der Waals surface area contributed by atoms with E-state index in [2.05, 4.69) is 29.0 Å². The molecule has 0 radical (unpaired) electrons. The van der Waals surface area contributed by atoms with Crippen molar-refractivity contribution in [3.05, 3.63) is 51.7 Å². The molecule has 0 aliphatic carbocycles. The predicted octanol–water partition coefficient (Wildman–Crippen LogP) is 4.35. The fraction of sp³-hybridized carbons (Fsp3) is 0.450. The van der Waals surface area contributed by atoms with E-state index in [9.17, 15) is 0 Å². The Morgan fingerprint density at radius 1 is 1.15 bits per heavy atom. The molecule has 0 saturated carbocycles. The van der Waals surface area contributed by atoms with E-state index in [0.717, 1.165) is 50.0 Å². The second-order valence-corrected chi connectivity index (χ2v) is 6.87. The van der Waals surface area contributed by atoms with Crippen molar-refractivity contribution >= 4 is 41.3 Å². The molecule has 0 bridgehead atoms. The van der Waals surface area contributed by atoms with E-state index in [-0.39, 0.29) is 24.0 Å². The van der Waals surface area contributed by atoms with Gasteiger partial charge in [-0.25, -0.2) is 4.99 Å². The van der Waals surface area contributed by atoms with Crippen LogP contribution in [-0.2, 0) is 17.8 Å². The van der Waals surface area contributed by atoms with Crippen LogP contribution in [0.25, 0.3) is 0 Å². The number of nitrogens with zero attached hydrogens (tertiary/aromatic N) is 1. The van der Waals surface area contributed by atoms with Crippen molar-refractivity contribution in [2.45, 2.75) is 33.4 Å². The summed E-state index contributed by atoms with van der Waals surface area (Å²) >= 11 is 1.77. The first-order valence-corrected chi connectivity index (χ1v) is 9.86. The van der Waals surface area contributed by atoms with Gasteiger partial charge < -0.3 is 20.1 Å². The summed E-state index contributed by atoms with van der Waals surface area (Å²) in [7, 11) is 1.67. The molecule has 0 aliphatic rings. The summed E-state index contributed by atoms with van der Waals surface area (Å²) in [5.41, 5.74) is 2.46. The van der Waals surface area contributed by atoms with Crippen LogP contribution >= 0.6 is 35.3 Å². The van der Waals surface area contributed by atoms with E-state index >= 15 is 0 Å². The lowest BCUT2D eigenvalue weighted by atomic mass is 10.2. The van der Waals surface area contributed by atoms with Gasteiger partial charge in [0.1, 0.15) is 5.75 Å². The Kier molecular flexibility index (Phi) is 12.1. The Labute approximate surface area is 183 Å². The molecule has 27 heavy (non-hydrogen) atoms. The maximum absolute atomic E-state index is 5.39. The molecule has 0 aliphatic heterocycles. The highest BCUT2D eigenvalue weighted by Gasteiger charge is 2.03. The van der Waals surface area contributed by atoms with Crippen LogP contribution in [-0.4, -0.2) is 32.8 Å². The maximum Gasteiger partial charge on any atom is 0.191 e. The molecule has 1 heterocycles. The first-order chi connectivity index (χ1) is 12.7. The zero-order valence-corrected chi connectivity index (χ0v) is 19.4. The highest BCUT2D eigenvalue weighted by atomic mass is 127. The number of benzene rings is 1. The number of halogens is 1. The molecule has 0 fully saturated rings. The number of ether oxygens (including phenoxy) is 2. The third-order valence-electron chi connectivity index (χ3n) is 3.93. The van der Waals surface area contributed by atoms with Crippen molar-refractivity contribution in [3.8, 4) is 5.75 Å². The molecule has 1 aromatic heterocycles. The first-order valence-electron chi connectivity index (χ1n) is 8.98. The summed E-state index contributed by atoms with van der Waals surface area (Å²) in [6.07, 6.45) is 0.953. The van der Waals surface area contributed by atoms with Crippen molar-refractivity contribution in [3.63, 3.8) is 0 Å². The SMILES string of the molecule is CCOCCCNC(=NCc1ccc(OC)cc1)NCc1sccc1C.I. The number of aryl methyl sites for hydroxylation is 1. The Hall–Kier alpha value is -1.32. The third-order valence-corrected chi connectivity index (χ3v) is 4.95. The normalized spacial score (nSPS) is 11.0. The highest BCUT2D eigenvalue weighted by molar-refractivity contribution is 14.0. The molecule has 7 heteroatoms. The quantitative estimate of drug-likeness (QED) is 0.219. The molecule has 2 aromatic rings. The number of hydrogen-bond donors (Lipinski definition) is 2. The second-order valence-electron chi connectivity index (χ2n) is 5.87. The van der Waals surface area contributed by atoms with Gasteiger partial charge in [0.25, 0.3) is 0 Å². The van der Waals surface area contributed by atoms with Gasteiger partial charge >= 0.3 is 0 Å². The summed E-state index contributed by atoms with van der Waals surface area (Å²) in [5, 5.41) is 8.94. The zero-order chi connectivity index (χ0) is 18.6. The summed E-state index contributed by atoms with van der Waals surface area (Å²) in [5.74, 6) is 1.68. The van der Waals surface area contributed by atoms with Crippen LogP contribution in [0.15, 0.2) is 40.7 Å². The van der Waals surface area contributed by atoms with Crippen molar-refractivity contribution in [2.24, 2.45) is 4.99 Å².